The van der Waals surface area contributed by atoms with Gasteiger partial charge >= 0.3 is 0 Å². The average molecular weight is 326 g/mol. The lowest BCUT2D eigenvalue weighted by Gasteiger charge is -2.14. The maximum absolute atomic E-state index is 5.59. The fourth-order valence-corrected chi connectivity index (χ4v) is 2.45. The van der Waals surface area contributed by atoms with E-state index in [0.717, 1.165) is 21.5 Å². The third kappa shape index (κ3) is 3.34. The summed E-state index contributed by atoms with van der Waals surface area (Å²) < 4.78 is 11.3. The van der Waals surface area contributed by atoms with Crippen LogP contribution in [0.4, 0.5) is 0 Å². The number of ether oxygens (including phenoxy) is 1. The lowest BCUT2D eigenvalue weighted by atomic mass is 10.0. The number of halogens is 1. The first-order chi connectivity index (χ1) is 9.13. The molecule has 1 atom stereocenters. The van der Waals surface area contributed by atoms with Crippen molar-refractivity contribution in [2.24, 2.45) is 5.84 Å². The van der Waals surface area contributed by atoms with Gasteiger partial charge in [0.1, 0.15) is 12.0 Å². The van der Waals surface area contributed by atoms with Crippen molar-refractivity contribution in [3.63, 3.8) is 0 Å². The third-order valence-electron chi connectivity index (χ3n) is 2.85. The largest absolute Gasteiger partial charge is 0.496 e. The topological polar surface area (TPSA) is 73.3 Å². The van der Waals surface area contributed by atoms with Gasteiger partial charge in [-0.25, -0.2) is 4.98 Å². The molecular weight excluding hydrogens is 310 g/mol. The number of oxazole rings is 1. The van der Waals surface area contributed by atoms with Crippen LogP contribution in [-0.2, 0) is 6.42 Å². The smallest absolute Gasteiger partial charge is 0.191 e. The number of benzene rings is 1. The first-order valence-electron chi connectivity index (χ1n) is 5.84. The maximum atomic E-state index is 5.59. The van der Waals surface area contributed by atoms with Crippen molar-refractivity contribution in [3.8, 4) is 5.75 Å². The van der Waals surface area contributed by atoms with Crippen LogP contribution in [0.3, 0.4) is 0 Å². The first-order valence-corrected chi connectivity index (χ1v) is 6.64. The van der Waals surface area contributed by atoms with Crippen LogP contribution in [0.2, 0.25) is 0 Å². The van der Waals surface area contributed by atoms with Crippen LogP contribution in [-0.4, -0.2) is 12.1 Å². The Morgan fingerprint density at radius 3 is 2.84 bits per heavy atom. The van der Waals surface area contributed by atoms with Crippen LogP contribution in [0.15, 0.2) is 33.4 Å². The quantitative estimate of drug-likeness (QED) is 0.652. The second-order valence-corrected chi connectivity index (χ2v) is 5.04. The summed E-state index contributed by atoms with van der Waals surface area (Å²) in [4.78, 5) is 4.29. The molecule has 102 valence electrons. The zero-order chi connectivity index (χ0) is 13.8. The summed E-state index contributed by atoms with van der Waals surface area (Å²) in [5.74, 6) is 7.02. The molecule has 19 heavy (non-hydrogen) atoms. The van der Waals surface area contributed by atoms with Crippen LogP contribution < -0.4 is 16.0 Å². The van der Waals surface area contributed by atoms with Crippen molar-refractivity contribution in [2.45, 2.75) is 19.4 Å². The zero-order valence-corrected chi connectivity index (χ0v) is 12.4. The predicted octanol–water partition coefficient (Wildman–Crippen LogP) is 2.50. The van der Waals surface area contributed by atoms with Gasteiger partial charge in [-0.15, -0.1) is 0 Å². The van der Waals surface area contributed by atoms with Gasteiger partial charge in [0.25, 0.3) is 0 Å². The molecule has 0 radical (unpaired) electrons. The Morgan fingerprint density at radius 2 is 2.32 bits per heavy atom. The Balaban J connectivity index is 2.16. The molecule has 1 unspecified atom stereocenters. The summed E-state index contributed by atoms with van der Waals surface area (Å²) in [6, 6.07) is 5.84. The molecule has 0 saturated heterocycles. The monoisotopic (exact) mass is 325 g/mol. The third-order valence-corrected chi connectivity index (χ3v) is 3.47. The summed E-state index contributed by atoms with van der Waals surface area (Å²) in [7, 11) is 1.64. The van der Waals surface area contributed by atoms with Gasteiger partial charge in [0, 0.05) is 6.92 Å². The van der Waals surface area contributed by atoms with Crippen molar-refractivity contribution in [2.75, 3.05) is 7.11 Å². The van der Waals surface area contributed by atoms with Crippen molar-refractivity contribution in [3.05, 3.63) is 46.1 Å². The Kier molecular flexibility index (Phi) is 4.57. The van der Waals surface area contributed by atoms with Gasteiger partial charge in [0.2, 0.25) is 0 Å². The van der Waals surface area contributed by atoms with Crippen LogP contribution in [0.25, 0.3) is 0 Å². The normalized spacial score (nSPS) is 12.4. The molecule has 0 amide bonds. The number of nitrogens with zero attached hydrogens (tertiary/aromatic N) is 1. The van der Waals surface area contributed by atoms with Gasteiger partial charge in [-0.3, -0.25) is 11.3 Å². The molecule has 1 aromatic carbocycles. The van der Waals surface area contributed by atoms with Crippen LogP contribution in [0.5, 0.6) is 5.75 Å². The zero-order valence-electron chi connectivity index (χ0n) is 10.8. The Bertz CT molecular complexity index is 557. The average Bonchev–Trinajstić information content (AvgIpc) is 2.82. The Morgan fingerprint density at radius 1 is 1.53 bits per heavy atom. The molecule has 0 saturated carbocycles. The SMILES string of the molecule is COc1ccc(CC(NN)c2coc(C)n2)cc1Br. The number of hydrogen-bond acceptors (Lipinski definition) is 5. The predicted molar refractivity (Wildman–Crippen MR) is 75.7 cm³/mol. The number of nitrogens with one attached hydrogen (secondary N) is 1. The lowest BCUT2D eigenvalue weighted by Crippen LogP contribution is -2.29. The van der Waals surface area contributed by atoms with Gasteiger partial charge in [-0.2, -0.15) is 0 Å². The highest BCUT2D eigenvalue weighted by Gasteiger charge is 2.15. The van der Waals surface area contributed by atoms with E-state index in [9.17, 15) is 0 Å². The number of aryl methyl sites for hydroxylation is 1. The van der Waals surface area contributed by atoms with E-state index in [-0.39, 0.29) is 6.04 Å². The van der Waals surface area contributed by atoms with Gasteiger partial charge in [-0.1, -0.05) is 6.07 Å². The fraction of sp³-hybridized carbons (Fsp3) is 0.308. The van der Waals surface area contributed by atoms with Crippen molar-refractivity contribution >= 4 is 15.9 Å². The molecule has 0 aliphatic rings. The van der Waals surface area contributed by atoms with E-state index >= 15 is 0 Å². The minimum Gasteiger partial charge on any atom is -0.496 e. The number of nitrogens with two attached hydrogens (primary N) is 1. The van der Waals surface area contributed by atoms with E-state index in [1.165, 1.54) is 0 Å². The van der Waals surface area contributed by atoms with Gasteiger partial charge in [0.15, 0.2) is 5.89 Å². The number of hydrazine groups is 1. The van der Waals surface area contributed by atoms with E-state index in [2.05, 4.69) is 26.3 Å². The maximum Gasteiger partial charge on any atom is 0.191 e. The first kappa shape index (κ1) is 14.0. The van der Waals surface area contributed by atoms with Crippen molar-refractivity contribution < 1.29 is 9.15 Å². The molecule has 0 aliphatic heterocycles. The highest BCUT2D eigenvalue weighted by molar-refractivity contribution is 9.10. The molecular formula is C13H16BrN3O2. The van der Waals surface area contributed by atoms with E-state index in [1.807, 2.05) is 18.2 Å². The van der Waals surface area contributed by atoms with E-state index in [4.69, 9.17) is 15.0 Å². The molecule has 3 N–H and O–H groups in total. The molecule has 1 heterocycles. The number of rotatable bonds is 5. The molecule has 0 fully saturated rings. The van der Waals surface area contributed by atoms with E-state index in [0.29, 0.717) is 12.3 Å². The van der Waals surface area contributed by atoms with Gasteiger partial charge < -0.3 is 9.15 Å². The summed E-state index contributed by atoms with van der Waals surface area (Å²) in [5.41, 5.74) is 4.68. The Hall–Kier alpha value is -1.37. The highest BCUT2D eigenvalue weighted by atomic mass is 79.9. The van der Waals surface area contributed by atoms with Crippen LogP contribution in [0.1, 0.15) is 23.2 Å². The molecule has 0 spiro atoms. The van der Waals surface area contributed by atoms with Gasteiger partial charge in [0.05, 0.1) is 23.3 Å². The summed E-state index contributed by atoms with van der Waals surface area (Å²) in [6.45, 7) is 1.81. The minimum absolute atomic E-state index is 0.0854. The molecule has 0 bridgehead atoms. The molecule has 6 heteroatoms. The molecule has 0 aliphatic carbocycles. The summed E-state index contributed by atoms with van der Waals surface area (Å²) >= 11 is 3.47. The van der Waals surface area contributed by atoms with E-state index < -0.39 is 0 Å². The summed E-state index contributed by atoms with van der Waals surface area (Å²) in [6.07, 6.45) is 2.34. The fourth-order valence-electron chi connectivity index (χ4n) is 1.86. The number of methoxy groups -OCH3 is 1. The lowest BCUT2D eigenvalue weighted by molar-refractivity contribution is 0.412. The van der Waals surface area contributed by atoms with Crippen LogP contribution >= 0.6 is 15.9 Å². The Labute approximate surface area is 120 Å². The number of hydrogen-bond donors (Lipinski definition) is 2. The van der Waals surface area contributed by atoms with Gasteiger partial charge in [-0.05, 0) is 40.0 Å². The standard InChI is InChI=1S/C13H16BrN3O2/c1-8-16-12(7-19-8)11(17-15)6-9-3-4-13(18-2)10(14)5-9/h3-5,7,11,17H,6,15H2,1-2H3. The second-order valence-electron chi connectivity index (χ2n) is 4.18. The molecule has 2 aromatic rings. The minimum atomic E-state index is -0.0854. The summed E-state index contributed by atoms with van der Waals surface area (Å²) in [5, 5.41) is 0. The number of aromatic nitrogens is 1. The van der Waals surface area contributed by atoms with Crippen molar-refractivity contribution in [1.29, 1.82) is 0 Å². The molecule has 5 nitrogen and oxygen atoms in total. The molecule has 2 rings (SSSR count). The van der Waals surface area contributed by atoms with Crippen LogP contribution in [0, 0.1) is 6.92 Å². The van der Waals surface area contributed by atoms with E-state index in [1.54, 1.807) is 20.3 Å². The molecule has 1 aromatic heterocycles. The second kappa shape index (κ2) is 6.18. The highest BCUT2D eigenvalue weighted by Crippen LogP contribution is 2.27. The van der Waals surface area contributed by atoms with Crippen molar-refractivity contribution in [1.82, 2.24) is 10.4 Å².